The monoisotopic (exact) mass is 472 g/mol. The van der Waals surface area contributed by atoms with Gasteiger partial charge in [0.05, 0.1) is 18.7 Å². The number of hydrazine groups is 1. The molecule has 0 saturated heterocycles. The molecule has 0 bridgehead atoms. The maximum atomic E-state index is 12.6. The first-order valence-electron chi connectivity index (χ1n) is 10.6. The molecule has 2 N–H and O–H groups in total. The van der Waals surface area contributed by atoms with Crippen LogP contribution in [0.3, 0.4) is 0 Å². The molecule has 1 aromatic heterocycles. The van der Waals surface area contributed by atoms with Crippen molar-refractivity contribution in [1.29, 1.82) is 0 Å². The van der Waals surface area contributed by atoms with Gasteiger partial charge in [-0.2, -0.15) is 0 Å². The predicted octanol–water partition coefficient (Wildman–Crippen LogP) is 5.60. The summed E-state index contributed by atoms with van der Waals surface area (Å²) < 4.78 is 11.9. The summed E-state index contributed by atoms with van der Waals surface area (Å²) >= 11 is 7.60. The average molecular weight is 473 g/mol. The second kappa shape index (κ2) is 10.2. The van der Waals surface area contributed by atoms with Gasteiger partial charge in [0.15, 0.2) is 0 Å². The van der Waals surface area contributed by atoms with E-state index in [0.717, 1.165) is 15.8 Å². The molecule has 1 aliphatic rings. The van der Waals surface area contributed by atoms with Gasteiger partial charge in [0, 0.05) is 15.6 Å². The fraction of sp³-hybridized carbons (Fsp3) is 0.333. The summed E-state index contributed by atoms with van der Waals surface area (Å²) in [5.74, 6) is 1.14. The number of amides is 2. The summed E-state index contributed by atoms with van der Waals surface area (Å²) in [7, 11) is 1.58. The molecule has 4 rings (SSSR count). The Balaban J connectivity index is 1.32. The van der Waals surface area contributed by atoms with Crippen LogP contribution in [0, 0.1) is 5.92 Å². The summed E-state index contributed by atoms with van der Waals surface area (Å²) in [6.07, 6.45) is 6.31. The first-order chi connectivity index (χ1) is 15.5. The first kappa shape index (κ1) is 22.4. The Morgan fingerprint density at radius 1 is 1.00 bits per heavy atom. The van der Waals surface area contributed by atoms with E-state index in [1.165, 1.54) is 43.4 Å². The van der Waals surface area contributed by atoms with Crippen molar-refractivity contribution in [3.63, 3.8) is 0 Å². The maximum Gasteiger partial charge on any atom is 0.281 e. The molecule has 0 radical (unpaired) electrons. The second-order valence-electron chi connectivity index (χ2n) is 7.85. The number of hydrogen-bond acceptors (Lipinski definition) is 5. The van der Waals surface area contributed by atoms with Crippen LogP contribution in [0.25, 0.3) is 10.1 Å². The molecule has 1 heterocycles. The fourth-order valence-corrected chi connectivity index (χ4v) is 5.27. The van der Waals surface area contributed by atoms with Crippen LogP contribution < -0.4 is 20.3 Å². The Bertz CT molecular complexity index is 1110. The zero-order valence-corrected chi connectivity index (χ0v) is 19.4. The minimum Gasteiger partial charge on any atom is -0.497 e. The number of rotatable bonds is 6. The van der Waals surface area contributed by atoms with Crippen molar-refractivity contribution in [1.82, 2.24) is 10.9 Å². The standard InChI is InChI=1S/C24H25ClN2O4S/c1-30-18-11-12-19-20(13-18)32-22(21(19)25)24(29)27-26-23(28)16-7-9-17(10-8-16)31-14-15-5-3-2-4-6-15/h7-13,15H,2-6,14H2,1H3,(H,26,28)(H,27,29). The van der Waals surface area contributed by atoms with E-state index < -0.39 is 11.8 Å². The Kier molecular flexibility index (Phi) is 7.17. The lowest BCUT2D eigenvalue weighted by molar-refractivity contribution is 0.0849. The topological polar surface area (TPSA) is 76.7 Å². The molecule has 3 aromatic rings. The van der Waals surface area contributed by atoms with E-state index in [9.17, 15) is 9.59 Å². The molecule has 168 valence electrons. The summed E-state index contributed by atoms with van der Waals surface area (Å²) in [6.45, 7) is 0.712. The molecular formula is C24H25ClN2O4S. The molecule has 8 heteroatoms. The highest BCUT2D eigenvalue weighted by Gasteiger charge is 2.19. The minimum absolute atomic E-state index is 0.321. The van der Waals surface area contributed by atoms with Crippen molar-refractivity contribution in [2.75, 3.05) is 13.7 Å². The minimum atomic E-state index is -0.476. The Morgan fingerprint density at radius 3 is 2.41 bits per heavy atom. The van der Waals surface area contributed by atoms with Crippen molar-refractivity contribution < 1.29 is 19.1 Å². The van der Waals surface area contributed by atoms with Crippen LogP contribution in [0.2, 0.25) is 5.02 Å². The van der Waals surface area contributed by atoms with Gasteiger partial charge in [0.25, 0.3) is 11.8 Å². The zero-order chi connectivity index (χ0) is 22.5. The van der Waals surface area contributed by atoms with Crippen LogP contribution in [0.5, 0.6) is 11.5 Å². The molecule has 2 amide bonds. The van der Waals surface area contributed by atoms with E-state index >= 15 is 0 Å². The number of benzene rings is 2. The van der Waals surface area contributed by atoms with Gasteiger partial charge in [-0.3, -0.25) is 20.4 Å². The van der Waals surface area contributed by atoms with Crippen molar-refractivity contribution in [3.8, 4) is 11.5 Å². The second-order valence-corrected chi connectivity index (χ2v) is 9.29. The average Bonchev–Trinajstić information content (AvgIpc) is 3.17. The summed E-state index contributed by atoms with van der Waals surface area (Å²) in [5, 5.41) is 1.11. The van der Waals surface area contributed by atoms with Gasteiger partial charge in [0.2, 0.25) is 0 Å². The SMILES string of the molecule is COc1ccc2c(Cl)c(C(=O)NNC(=O)c3ccc(OCC4CCCCC4)cc3)sc2c1. The normalized spacial score (nSPS) is 14.2. The zero-order valence-electron chi connectivity index (χ0n) is 17.8. The molecule has 2 aromatic carbocycles. The lowest BCUT2D eigenvalue weighted by Crippen LogP contribution is -2.41. The Hall–Kier alpha value is -2.77. The highest BCUT2D eigenvalue weighted by molar-refractivity contribution is 7.21. The fourth-order valence-electron chi connectivity index (χ4n) is 3.83. The van der Waals surface area contributed by atoms with Gasteiger partial charge in [-0.1, -0.05) is 30.9 Å². The quantitative estimate of drug-likeness (QED) is 0.458. The maximum absolute atomic E-state index is 12.6. The molecule has 32 heavy (non-hydrogen) atoms. The van der Waals surface area contributed by atoms with Gasteiger partial charge < -0.3 is 9.47 Å². The lowest BCUT2D eigenvalue weighted by atomic mass is 9.90. The Labute approximate surface area is 195 Å². The third-order valence-corrected chi connectivity index (χ3v) is 7.32. The van der Waals surface area contributed by atoms with Crippen molar-refractivity contribution >= 4 is 44.8 Å². The van der Waals surface area contributed by atoms with Crippen LogP contribution in [0.4, 0.5) is 0 Å². The van der Waals surface area contributed by atoms with Gasteiger partial charge in [-0.15, -0.1) is 11.3 Å². The molecular weight excluding hydrogens is 448 g/mol. The van der Waals surface area contributed by atoms with E-state index in [2.05, 4.69) is 10.9 Å². The number of thiophene rings is 1. The molecule has 6 nitrogen and oxygen atoms in total. The van der Waals surface area contributed by atoms with E-state index in [1.807, 2.05) is 6.07 Å². The highest BCUT2D eigenvalue weighted by Crippen LogP contribution is 2.37. The highest BCUT2D eigenvalue weighted by atomic mass is 35.5. The van der Waals surface area contributed by atoms with Crippen molar-refractivity contribution in [2.45, 2.75) is 32.1 Å². The number of carbonyl (C=O) groups excluding carboxylic acids is 2. The number of methoxy groups -OCH3 is 1. The number of carbonyl (C=O) groups is 2. The van der Waals surface area contributed by atoms with E-state index in [1.54, 1.807) is 43.5 Å². The largest absolute Gasteiger partial charge is 0.497 e. The molecule has 0 aliphatic heterocycles. The molecule has 1 fully saturated rings. The summed E-state index contributed by atoms with van der Waals surface area (Å²) in [4.78, 5) is 25.3. The van der Waals surface area contributed by atoms with Gasteiger partial charge in [0.1, 0.15) is 16.4 Å². The molecule has 0 atom stereocenters. The molecule has 0 spiro atoms. The van der Waals surface area contributed by atoms with Crippen molar-refractivity contribution in [2.24, 2.45) is 5.92 Å². The molecule has 1 saturated carbocycles. The number of halogens is 1. The molecule has 0 unspecified atom stereocenters. The van der Waals surface area contributed by atoms with Crippen LogP contribution >= 0.6 is 22.9 Å². The van der Waals surface area contributed by atoms with Gasteiger partial charge >= 0.3 is 0 Å². The first-order valence-corrected chi connectivity index (χ1v) is 11.8. The van der Waals surface area contributed by atoms with Crippen LogP contribution in [0.1, 0.15) is 52.1 Å². The third-order valence-electron chi connectivity index (χ3n) is 5.66. The number of ether oxygens (including phenoxy) is 2. The smallest absolute Gasteiger partial charge is 0.281 e. The van der Waals surface area contributed by atoms with Gasteiger partial charge in [-0.05, 0) is 61.2 Å². The van der Waals surface area contributed by atoms with Crippen LogP contribution in [0.15, 0.2) is 42.5 Å². The van der Waals surface area contributed by atoms with E-state index in [-0.39, 0.29) is 0 Å². The van der Waals surface area contributed by atoms with E-state index in [4.69, 9.17) is 21.1 Å². The lowest BCUT2D eigenvalue weighted by Gasteiger charge is -2.21. The molecule has 1 aliphatic carbocycles. The number of nitrogens with one attached hydrogen (secondary N) is 2. The summed E-state index contributed by atoms with van der Waals surface area (Å²) in [5.41, 5.74) is 5.29. The third kappa shape index (κ3) is 5.16. The Morgan fingerprint density at radius 2 is 1.69 bits per heavy atom. The predicted molar refractivity (Wildman–Crippen MR) is 127 cm³/mol. The van der Waals surface area contributed by atoms with E-state index in [0.29, 0.717) is 33.7 Å². The van der Waals surface area contributed by atoms with Gasteiger partial charge in [-0.25, -0.2) is 0 Å². The number of fused-ring (bicyclic) bond motifs is 1. The summed E-state index contributed by atoms with van der Waals surface area (Å²) in [6, 6.07) is 12.3. The number of hydrogen-bond donors (Lipinski definition) is 2. The van der Waals surface area contributed by atoms with Crippen LogP contribution in [-0.2, 0) is 0 Å². The van der Waals surface area contributed by atoms with Crippen molar-refractivity contribution in [3.05, 3.63) is 57.9 Å². The van der Waals surface area contributed by atoms with Crippen LogP contribution in [-0.4, -0.2) is 25.5 Å².